The van der Waals surface area contributed by atoms with Gasteiger partial charge in [0.05, 0.1) is 23.3 Å². The summed E-state index contributed by atoms with van der Waals surface area (Å²) in [7, 11) is 1.55. The first-order valence-electron chi connectivity index (χ1n) is 12.8. The van der Waals surface area contributed by atoms with Crippen LogP contribution in [-0.2, 0) is 17.9 Å². The van der Waals surface area contributed by atoms with Crippen molar-refractivity contribution in [1.82, 2.24) is 10.2 Å². The second-order valence-corrected chi connectivity index (χ2v) is 10.0. The van der Waals surface area contributed by atoms with Gasteiger partial charge in [0, 0.05) is 42.4 Å². The van der Waals surface area contributed by atoms with Crippen LogP contribution in [0.3, 0.4) is 0 Å². The summed E-state index contributed by atoms with van der Waals surface area (Å²) in [5, 5.41) is 11.5. The van der Waals surface area contributed by atoms with Gasteiger partial charge in [-0.3, -0.25) is 9.69 Å². The van der Waals surface area contributed by atoms with Gasteiger partial charge >= 0.3 is 12.0 Å². The fourth-order valence-corrected chi connectivity index (χ4v) is 4.79. The number of hydrogen-bond donors (Lipinski definition) is 2. The molecule has 0 bridgehead atoms. The van der Waals surface area contributed by atoms with E-state index >= 15 is 4.39 Å². The van der Waals surface area contributed by atoms with E-state index in [1.165, 1.54) is 28.0 Å². The van der Waals surface area contributed by atoms with E-state index in [4.69, 9.17) is 16.3 Å². The third kappa shape index (κ3) is 5.98. The predicted octanol–water partition coefficient (Wildman–Crippen LogP) is 6.20. The third-order valence-corrected chi connectivity index (χ3v) is 7.48. The van der Waals surface area contributed by atoms with Gasteiger partial charge in [-0.05, 0) is 43.2 Å². The van der Waals surface area contributed by atoms with Crippen molar-refractivity contribution in [2.45, 2.75) is 45.5 Å². The lowest BCUT2D eigenvalue weighted by atomic mass is 9.98. The molecule has 3 aromatic carbocycles. The Bertz CT molecular complexity index is 1550. The Kier molecular flexibility index (Phi) is 8.95. The minimum absolute atomic E-state index is 0.0297. The van der Waals surface area contributed by atoms with Crippen LogP contribution in [0.1, 0.15) is 53.4 Å². The Morgan fingerprint density at radius 3 is 2.33 bits per heavy atom. The molecule has 0 aromatic heterocycles. The highest BCUT2D eigenvalue weighted by Crippen LogP contribution is 2.39. The number of halogens is 5. The molecule has 3 amide bonds. The fraction of sp³-hybridized carbons (Fsp3) is 0.276. The Hall–Kier alpha value is -4.32. The molecule has 0 spiro atoms. The SMILES string of the molecule is CC[C@H](Oc1ccc(F)c(CN2C(=O)N(C)C(C)c3ccc(C(=O)NCc4c(F)cc(F)cc4F)cc32)c1Cl)C(=O)O. The number of rotatable bonds is 9. The average molecular weight is 608 g/mol. The van der Waals surface area contributed by atoms with E-state index in [1.54, 1.807) is 27.0 Å². The maximum atomic E-state index is 15.0. The van der Waals surface area contributed by atoms with E-state index in [-0.39, 0.29) is 34.0 Å². The highest BCUT2D eigenvalue weighted by atomic mass is 35.5. The molecular weight excluding hydrogens is 582 g/mol. The van der Waals surface area contributed by atoms with E-state index in [1.807, 2.05) is 0 Å². The van der Waals surface area contributed by atoms with E-state index in [0.717, 1.165) is 6.07 Å². The van der Waals surface area contributed by atoms with Crippen molar-refractivity contribution in [2.75, 3.05) is 11.9 Å². The van der Waals surface area contributed by atoms with Crippen LogP contribution in [0.5, 0.6) is 5.75 Å². The van der Waals surface area contributed by atoms with Crippen molar-refractivity contribution in [1.29, 1.82) is 0 Å². The van der Waals surface area contributed by atoms with Crippen molar-refractivity contribution in [3.63, 3.8) is 0 Å². The topological polar surface area (TPSA) is 99.2 Å². The molecule has 0 aliphatic carbocycles. The summed E-state index contributed by atoms with van der Waals surface area (Å²) in [5.41, 5.74) is 0.229. The fourth-order valence-electron chi connectivity index (χ4n) is 4.54. The van der Waals surface area contributed by atoms with Crippen LogP contribution in [-0.4, -0.2) is 41.1 Å². The number of nitrogens with zero attached hydrogens (tertiary/aromatic N) is 2. The summed E-state index contributed by atoms with van der Waals surface area (Å²) in [6, 6.07) is 6.71. The van der Waals surface area contributed by atoms with Gasteiger partial charge in [-0.1, -0.05) is 24.6 Å². The number of amides is 3. The van der Waals surface area contributed by atoms with Crippen LogP contribution < -0.4 is 15.0 Å². The monoisotopic (exact) mass is 607 g/mol. The normalized spacial score (nSPS) is 15.3. The molecule has 0 saturated carbocycles. The van der Waals surface area contributed by atoms with E-state index in [0.29, 0.717) is 17.7 Å². The lowest BCUT2D eigenvalue weighted by Gasteiger charge is -2.40. The van der Waals surface area contributed by atoms with E-state index in [2.05, 4.69) is 5.32 Å². The molecule has 1 heterocycles. The lowest BCUT2D eigenvalue weighted by Crippen LogP contribution is -2.46. The van der Waals surface area contributed by atoms with E-state index in [9.17, 15) is 32.7 Å². The largest absolute Gasteiger partial charge is 0.479 e. The second-order valence-electron chi connectivity index (χ2n) is 9.65. The van der Waals surface area contributed by atoms with Crippen LogP contribution in [0.15, 0.2) is 42.5 Å². The number of carbonyl (C=O) groups excluding carboxylic acids is 2. The number of benzene rings is 3. The van der Waals surface area contributed by atoms with Crippen LogP contribution in [0.2, 0.25) is 5.02 Å². The van der Waals surface area contributed by atoms with Crippen molar-refractivity contribution in [3.05, 3.63) is 93.0 Å². The Labute approximate surface area is 243 Å². The van der Waals surface area contributed by atoms with Gasteiger partial charge in [-0.2, -0.15) is 0 Å². The number of ether oxygens (including phenoxy) is 1. The number of nitrogens with one attached hydrogen (secondary N) is 1. The number of carboxylic acid groups (broad SMARTS) is 1. The number of urea groups is 1. The van der Waals surface area contributed by atoms with Crippen molar-refractivity contribution < 1.29 is 41.8 Å². The standard InChI is InChI=1S/C29H26ClF4N3O5/c1-4-24(28(39)40)42-25-8-7-20(32)19(26(25)30)13-37-23-9-15(5-6-17(23)14(2)36(3)29(37)41)27(38)35-12-18-21(33)10-16(31)11-22(18)34/h5-11,14,24H,4,12-13H2,1-3H3,(H,35,38)(H,39,40)/t14?,24-/m0/s1. The highest BCUT2D eigenvalue weighted by Gasteiger charge is 2.35. The van der Waals surface area contributed by atoms with Crippen molar-refractivity contribution >= 4 is 35.2 Å². The van der Waals surface area contributed by atoms with Gasteiger partial charge in [0.2, 0.25) is 0 Å². The first kappa shape index (κ1) is 30.6. The molecule has 42 heavy (non-hydrogen) atoms. The highest BCUT2D eigenvalue weighted by molar-refractivity contribution is 6.33. The number of hydrogen-bond acceptors (Lipinski definition) is 4. The summed E-state index contributed by atoms with van der Waals surface area (Å²) < 4.78 is 61.8. The number of fused-ring (bicyclic) bond motifs is 1. The molecule has 1 aliphatic rings. The summed E-state index contributed by atoms with van der Waals surface area (Å²) >= 11 is 6.44. The molecule has 13 heteroatoms. The summed E-state index contributed by atoms with van der Waals surface area (Å²) in [5.74, 6) is -6.24. The Balaban J connectivity index is 1.67. The summed E-state index contributed by atoms with van der Waals surface area (Å²) in [6.07, 6.45) is -1.12. The Morgan fingerprint density at radius 2 is 1.71 bits per heavy atom. The van der Waals surface area contributed by atoms with Gasteiger partial charge in [-0.15, -0.1) is 0 Å². The lowest BCUT2D eigenvalue weighted by molar-refractivity contribution is -0.145. The van der Waals surface area contributed by atoms with Crippen LogP contribution in [0.4, 0.5) is 28.0 Å². The molecule has 0 radical (unpaired) electrons. The first-order chi connectivity index (χ1) is 19.8. The average Bonchev–Trinajstić information content (AvgIpc) is 2.94. The van der Waals surface area contributed by atoms with Crippen LogP contribution in [0.25, 0.3) is 0 Å². The van der Waals surface area contributed by atoms with Gasteiger partial charge < -0.3 is 20.1 Å². The zero-order valence-corrected chi connectivity index (χ0v) is 23.4. The van der Waals surface area contributed by atoms with Gasteiger partial charge in [-0.25, -0.2) is 27.2 Å². The van der Waals surface area contributed by atoms with Gasteiger partial charge in [0.15, 0.2) is 6.10 Å². The van der Waals surface area contributed by atoms with E-state index < -0.39 is 72.0 Å². The maximum Gasteiger partial charge on any atom is 0.344 e. The zero-order valence-electron chi connectivity index (χ0n) is 22.7. The molecule has 2 N–H and O–H groups in total. The molecule has 0 fully saturated rings. The minimum Gasteiger partial charge on any atom is -0.479 e. The predicted molar refractivity (Wildman–Crippen MR) is 145 cm³/mol. The molecule has 0 saturated heterocycles. The molecule has 222 valence electrons. The molecule has 2 atom stereocenters. The molecular formula is C29H26ClF4N3O5. The number of carboxylic acids is 1. The molecule has 8 nitrogen and oxygen atoms in total. The Morgan fingerprint density at radius 1 is 1.05 bits per heavy atom. The van der Waals surface area contributed by atoms with Crippen molar-refractivity contribution in [2.24, 2.45) is 0 Å². The van der Waals surface area contributed by atoms with Gasteiger partial charge in [0.1, 0.15) is 29.0 Å². The molecule has 3 aromatic rings. The first-order valence-corrected chi connectivity index (χ1v) is 13.2. The summed E-state index contributed by atoms with van der Waals surface area (Å²) in [4.78, 5) is 40.4. The van der Waals surface area contributed by atoms with Crippen LogP contribution in [0, 0.1) is 23.3 Å². The second kappa shape index (κ2) is 12.3. The maximum absolute atomic E-state index is 15.0. The van der Waals surface area contributed by atoms with Crippen LogP contribution >= 0.6 is 11.6 Å². The molecule has 4 rings (SSSR count). The zero-order chi connectivity index (χ0) is 30.9. The minimum atomic E-state index is -1.23. The third-order valence-electron chi connectivity index (χ3n) is 7.06. The molecule has 1 unspecified atom stereocenters. The smallest absolute Gasteiger partial charge is 0.344 e. The number of anilines is 1. The van der Waals surface area contributed by atoms with Crippen molar-refractivity contribution in [3.8, 4) is 5.75 Å². The van der Waals surface area contributed by atoms with Gasteiger partial charge in [0.25, 0.3) is 5.91 Å². The molecule has 1 aliphatic heterocycles. The summed E-state index contributed by atoms with van der Waals surface area (Å²) in [6.45, 7) is 2.38. The number of carbonyl (C=O) groups is 3. The number of aliphatic carboxylic acids is 1. The quantitative estimate of drug-likeness (QED) is 0.282.